The van der Waals surface area contributed by atoms with Crippen LogP contribution in [0.5, 0.6) is 0 Å². The average molecular weight is 447 g/mol. The second-order valence-corrected chi connectivity index (χ2v) is 10.2. The number of benzene rings is 2. The highest BCUT2D eigenvalue weighted by atomic mass is 15.3. The fourth-order valence-corrected chi connectivity index (χ4v) is 5.00. The summed E-state index contributed by atoms with van der Waals surface area (Å²) in [5, 5.41) is 0. The van der Waals surface area contributed by atoms with E-state index in [-0.39, 0.29) is 0 Å². The van der Waals surface area contributed by atoms with E-state index < -0.39 is 0 Å². The number of hydrogen-bond donors (Lipinski definition) is 0. The number of para-hydroxylation sites is 2. The Morgan fingerprint density at radius 3 is 1.06 bits per heavy atom. The molecule has 1 heterocycles. The normalized spacial score (nSPS) is 17.3. The van der Waals surface area contributed by atoms with Crippen molar-refractivity contribution in [3.05, 3.63) is 71.1 Å². The third kappa shape index (κ3) is 5.15. The Hall–Kier alpha value is -2.22. The molecule has 4 atom stereocenters. The summed E-state index contributed by atoms with van der Waals surface area (Å²) in [6.45, 7) is 19.6. The quantitative estimate of drug-likeness (QED) is 0.358. The molecule has 0 saturated heterocycles. The zero-order valence-corrected chi connectivity index (χ0v) is 22.4. The van der Waals surface area contributed by atoms with Gasteiger partial charge in [0, 0.05) is 23.8 Å². The minimum Gasteiger partial charge on any atom is -0.327 e. The van der Waals surface area contributed by atoms with Crippen LogP contribution in [0, 0.1) is 0 Å². The summed E-state index contributed by atoms with van der Waals surface area (Å²) in [6, 6.07) is 13.9. The first-order valence-corrected chi connectivity index (χ1v) is 13.3. The van der Waals surface area contributed by atoms with Crippen molar-refractivity contribution in [2.24, 2.45) is 0 Å². The van der Waals surface area contributed by atoms with Gasteiger partial charge in [0.1, 0.15) is 0 Å². The van der Waals surface area contributed by atoms with Crippen molar-refractivity contribution in [2.45, 2.75) is 105 Å². The monoisotopic (exact) mass is 446 g/mol. The van der Waals surface area contributed by atoms with Crippen LogP contribution in [0.15, 0.2) is 48.8 Å². The first-order chi connectivity index (χ1) is 15.9. The zero-order chi connectivity index (χ0) is 24.1. The van der Waals surface area contributed by atoms with E-state index in [9.17, 15) is 0 Å². The standard InChI is InChI=1S/C31H46N2/c1-9-22(5)26-15-13-16-27(23(6)10-2)30(26)32-19-20-33(21-32)31-28(24(7)11-3)17-14-18-29(31)25(8)12-4/h13-20,22-25H,9-12,21H2,1-8H3. The summed E-state index contributed by atoms with van der Waals surface area (Å²) in [4.78, 5) is 5.02. The van der Waals surface area contributed by atoms with Crippen molar-refractivity contribution in [1.82, 2.24) is 0 Å². The van der Waals surface area contributed by atoms with E-state index >= 15 is 0 Å². The lowest BCUT2D eigenvalue weighted by Crippen LogP contribution is -2.28. The van der Waals surface area contributed by atoms with E-state index in [1.54, 1.807) is 0 Å². The summed E-state index contributed by atoms with van der Waals surface area (Å²) in [5.74, 6) is 2.20. The van der Waals surface area contributed by atoms with E-state index in [4.69, 9.17) is 0 Å². The molecular weight excluding hydrogens is 400 g/mol. The number of nitrogens with zero attached hydrogens (tertiary/aromatic N) is 2. The Morgan fingerprint density at radius 1 is 0.545 bits per heavy atom. The van der Waals surface area contributed by atoms with Crippen molar-refractivity contribution in [1.29, 1.82) is 0 Å². The number of anilines is 2. The molecule has 0 N–H and O–H groups in total. The van der Waals surface area contributed by atoms with Crippen LogP contribution in [0.25, 0.3) is 0 Å². The smallest absolute Gasteiger partial charge is 0.0989 e. The molecule has 0 spiro atoms. The molecule has 0 amide bonds. The van der Waals surface area contributed by atoms with Crippen LogP contribution in [0.2, 0.25) is 0 Å². The summed E-state index contributed by atoms with van der Waals surface area (Å²) in [7, 11) is 0. The molecule has 33 heavy (non-hydrogen) atoms. The Labute approximate surface area is 203 Å². The van der Waals surface area contributed by atoms with E-state index in [1.165, 1.54) is 33.6 Å². The molecule has 180 valence electrons. The van der Waals surface area contributed by atoms with Gasteiger partial charge in [-0.25, -0.2) is 0 Å². The molecule has 2 nitrogen and oxygen atoms in total. The topological polar surface area (TPSA) is 6.48 Å². The number of rotatable bonds is 10. The van der Waals surface area contributed by atoms with Crippen LogP contribution < -0.4 is 9.80 Å². The van der Waals surface area contributed by atoms with Gasteiger partial charge in [-0.2, -0.15) is 0 Å². The summed E-state index contributed by atoms with van der Waals surface area (Å²) >= 11 is 0. The Bertz CT molecular complexity index is 812. The predicted molar refractivity (Wildman–Crippen MR) is 147 cm³/mol. The molecule has 0 radical (unpaired) electrons. The van der Waals surface area contributed by atoms with Gasteiger partial charge in [0.2, 0.25) is 0 Å². The molecule has 4 unspecified atom stereocenters. The van der Waals surface area contributed by atoms with Gasteiger partial charge in [-0.3, -0.25) is 0 Å². The highest BCUT2D eigenvalue weighted by molar-refractivity contribution is 5.70. The predicted octanol–water partition coefficient (Wildman–Crippen LogP) is 9.50. The first kappa shape index (κ1) is 25.4. The van der Waals surface area contributed by atoms with Gasteiger partial charge in [0.05, 0.1) is 6.67 Å². The number of hydrogen-bond acceptors (Lipinski definition) is 2. The molecule has 0 bridgehead atoms. The van der Waals surface area contributed by atoms with Crippen LogP contribution in [0.4, 0.5) is 11.4 Å². The molecule has 0 aromatic heterocycles. The molecule has 0 fully saturated rings. The van der Waals surface area contributed by atoms with Crippen molar-refractivity contribution < 1.29 is 0 Å². The lowest BCUT2D eigenvalue weighted by Gasteiger charge is -2.32. The first-order valence-electron chi connectivity index (χ1n) is 13.3. The van der Waals surface area contributed by atoms with Crippen molar-refractivity contribution in [3.8, 4) is 0 Å². The fourth-order valence-electron chi connectivity index (χ4n) is 5.00. The highest BCUT2D eigenvalue weighted by Gasteiger charge is 2.27. The van der Waals surface area contributed by atoms with Crippen LogP contribution in [-0.2, 0) is 0 Å². The lowest BCUT2D eigenvalue weighted by atomic mass is 9.88. The SMILES string of the molecule is CCC(C)c1cccc(C(C)CC)c1N1C=CN(c2c(C(C)CC)cccc2C(C)CC)C1. The lowest BCUT2D eigenvalue weighted by molar-refractivity contribution is 0.700. The maximum atomic E-state index is 2.51. The highest BCUT2D eigenvalue weighted by Crippen LogP contribution is 2.42. The maximum absolute atomic E-state index is 2.51. The Morgan fingerprint density at radius 2 is 0.818 bits per heavy atom. The van der Waals surface area contributed by atoms with Crippen LogP contribution in [-0.4, -0.2) is 6.67 Å². The van der Waals surface area contributed by atoms with Gasteiger partial charge < -0.3 is 9.80 Å². The summed E-state index contributed by atoms with van der Waals surface area (Å²) in [6.07, 6.45) is 9.28. The van der Waals surface area contributed by atoms with E-state index in [0.29, 0.717) is 23.7 Å². The van der Waals surface area contributed by atoms with Gasteiger partial charge in [0.15, 0.2) is 0 Å². The third-order valence-corrected chi connectivity index (χ3v) is 8.08. The molecular formula is C31H46N2. The van der Waals surface area contributed by atoms with Crippen LogP contribution in [0.3, 0.4) is 0 Å². The Kier molecular flexibility index (Phi) is 8.68. The summed E-state index contributed by atoms with van der Waals surface area (Å²) in [5.41, 5.74) is 8.81. The van der Waals surface area contributed by atoms with E-state index in [1.807, 2.05) is 0 Å². The van der Waals surface area contributed by atoms with Crippen LogP contribution in [0.1, 0.15) is 127 Å². The van der Waals surface area contributed by atoms with Crippen LogP contribution >= 0.6 is 0 Å². The molecule has 0 aliphatic carbocycles. The molecule has 2 aromatic rings. The van der Waals surface area contributed by atoms with Crippen molar-refractivity contribution >= 4 is 11.4 Å². The van der Waals surface area contributed by atoms with E-state index in [0.717, 1.165) is 32.4 Å². The van der Waals surface area contributed by atoms with Crippen molar-refractivity contribution in [3.63, 3.8) is 0 Å². The molecule has 2 heteroatoms. The van der Waals surface area contributed by atoms with Gasteiger partial charge >= 0.3 is 0 Å². The minimum absolute atomic E-state index is 0.550. The van der Waals surface area contributed by atoms with Gasteiger partial charge in [0.25, 0.3) is 0 Å². The van der Waals surface area contributed by atoms with Gasteiger partial charge in [-0.1, -0.05) is 91.8 Å². The second kappa shape index (κ2) is 11.3. The van der Waals surface area contributed by atoms with Crippen molar-refractivity contribution in [2.75, 3.05) is 16.5 Å². The fraction of sp³-hybridized carbons (Fsp3) is 0.548. The minimum atomic E-state index is 0.550. The second-order valence-electron chi connectivity index (χ2n) is 10.2. The average Bonchev–Trinajstić information content (AvgIpc) is 3.35. The molecule has 0 saturated carbocycles. The Balaban J connectivity index is 2.07. The molecule has 1 aliphatic rings. The van der Waals surface area contributed by atoms with Gasteiger partial charge in [-0.05, 0) is 71.6 Å². The zero-order valence-electron chi connectivity index (χ0n) is 22.4. The third-order valence-electron chi connectivity index (χ3n) is 8.08. The maximum Gasteiger partial charge on any atom is 0.0989 e. The van der Waals surface area contributed by atoms with Gasteiger partial charge in [-0.15, -0.1) is 0 Å². The van der Waals surface area contributed by atoms with E-state index in [2.05, 4.69) is 114 Å². The molecule has 3 rings (SSSR count). The molecule has 1 aliphatic heterocycles. The summed E-state index contributed by atoms with van der Waals surface area (Å²) < 4.78 is 0. The molecule has 2 aromatic carbocycles. The largest absolute Gasteiger partial charge is 0.327 e.